The van der Waals surface area contributed by atoms with Crippen LogP contribution in [0.1, 0.15) is 38.2 Å². The molecule has 1 unspecified atom stereocenters. The van der Waals surface area contributed by atoms with Crippen LogP contribution in [0.4, 0.5) is 0 Å². The van der Waals surface area contributed by atoms with Crippen LogP contribution in [-0.2, 0) is 11.3 Å². The van der Waals surface area contributed by atoms with E-state index in [1.807, 2.05) is 6.92 Å². The van der Waals surface area contributed by atoms with Crippen molar-refractivity contribution in [2.75, 3.05) is 32.8 Å². The highest BCUT2D eigenvalue weighted by atomic mass is 16.3. The fourth-order valence-electron chi connectivity index (χ4n) is 4.09. The van der Waals surface area contributed by atoms with E-state index in [9.17, 15) is 9.90 Å². The van der Waals surface area contributed by atoms with Gasteiger partial charge in [0, 0.05) is 32.3 Å². The zero-order valence-electron chi connectivity index (χ0n) is 15.9. The maximum absolute atomic E-state index is 12.6. The van der Waals surface area contributed by atoms with Gasteiger partial charge in [-0.2, -0.15) is 0 Å². The molecule has 0 aromatic heterocycles. The second kappa shape index (κ2) is 9.49. The van der Waals surface area contributed by atoms with Crippen LogP contribution >= 0.6 is 0 Å². The van der Waals surface area contributed by atoms with E-state index in [2.05, 4.69) is 45.4 Å². The van der Waals surface area contributed by atoms with E-state index >= 15 is 0 Å². The van der Waals surface area contributed by atoms with Crippen molar-refractivity contribution in [1.29, 1.82) is 0 Å². The summed E-state index contributed by atoms with van der Waals surface area (Å²) < 4.78 is 0. The zero-order valence-corrected chi connectivity index (χ0v) is 15.9. The van der Waals surface area contributed by atoms with E-state index in [1.54, 1.807) is 0 Å². The number of likely N-dealkylation sites (tertiary alicyclic amines) is 2. The molecular formula is C21H33N3O2. The summed E-state index contributed by atoms with van der Waals surface area (Å²) in [5.74, 6) is 0.574. The Kier molecular flexibility index (Phi) is 7.06. The molecule has 2 aliphatic rings. The number of carbonyl (C=O) groups is 1. The van der Waals surface area contributed by atoms with Gasteiger partial charge < -0.3 is 10.4 Å². The van der Waals surface area contributed by atoms with E-state index in [0.29, 0.717) is 12.0 Å². The van der Waals surface area contributed by atoms with Crippen molar-refractivity contribution in [3.8, 4) is 0 Å². The Bertz CT molecular complexity index is 550. The van der Waals surface area contributed by atoms with Crippen LogP contribution in [0.25, 0.3) is 0 Å². The molecule has 1 atom stereocenters. The Balaban J connectivity index is 1.39. The first-order valence-corrected chi connectivity index (χ1v) is 10.1. The third-order valence-electron chi connectivity index (χ3n) is 6.02. The SMILES string of the molecule is CC(C(=O)NC1CCN(Cc2ccccc2)CC1)N1CCC(CO)CC1. The molecule has 0 bridgehead atoms. The van der Waals surface area contributed by atoms with E-state index in [1.165, 1.54) is 5.56 Å². The van der Waals surface area contributed by atoms with Crippen LogP contribution in [-0.4, -0.2) is 65.7 Å². The smallest absolute Gasteiger partial charge is 0.237 e. The number of nitrogens with zero attached hydrogens (tertiary/aromatic N) is 2. The molecule has 5 nitrogen and oxygen atoms in total. The molecule has 2 N–H and O–H groups in total. The van der Waals surface area contributed by atoms with Crippen molar-refractivity contribution in [2.24, 2.45) is 5.92 Å². The lowest BCUT2D eigenvalue weighted by molar-refractivity contribution is -0.127. The van der Waals surface area contributed by atoms with Gasteiger partial charge in [0.05, 0.1) is 6.04 Å². The highest BCUT2D eigenvalue weighted by Crippen LogP contribution is 2.19. The summed E-state index contributed by atoms with van der Waals surface area (Å²) in [4.78, 5) is 17.3. The van der Waals surface area contributed by atoms with Gasteiger partial charge in [0.2, 0.25) is 5.91 Å². The molecule has 26 heavy (non-hydrogen) atoms. The molecule has 2 saturated heterocycles. The molecule has 2 fully saturated rings. The average molecular weight is 360 g/mol. The Morgan fingerprint density at radius 1 is 1.12 bits per heavy atom. The Morgan fingerprint density at radius 2 is 1.77 bits per heavy atom. The molecular weight excluding hydrogens is 326 g/mol. The maximum atomic E-state index is 12.6. The number of rotatable bonds is 6. The number of hydrogen-bond donors (Lipinski definition) is 2. The van der Waals surface area contributed by atoms with Gasteiger partial charge in [0.25, 0.3) is 0 Å². The van der Waals surface area contributed by atoms with Crippen molar-refractivity contribution in [1.82, 2.24) is 15.1 Å². The second-order valence-electron chi connectivity index (χ2n) is 7.88. The number of carbonyl (C=O) groups excluding carboxylic acids is 1. The average Bonchev–Trinajstić information content (AvgIpc) is 2.70. The molecule has 1 aromatic carbocycles. The summed E-state index contributed by atoms with van der Waals surface area (Å²) in [7, 11) is 0. The maximum Gasteiger partial charge on any atom is 0.237 e. The van der Waals surface area contributed by atoms with E-state index < -0.39 is 0 Å². The number of benzene rings is 1. The minimum absolute atomic E-state index is 0.0722. The summed E-state index contributed by atoms with van der Waals surface area (Å²) in [6, 6.07) is 10.8. The van der Waals surface area contributed by atoms with E-state index in [0.717, 1.165) is 58.4 Å². The number of hydrogen-bond acceptors (Lipinski definition) is 4. The third-order valence-corrected chi connectivity index (χ3v) is 6.02. The van der Waals surface area contributed by atoms with Crippen LogP contribution < -0.4 is 5.32 Å². The summed E-state index contributed by atoms with van der Waals surface area (Å²) in [6.45, 7) is 7.18. The lowest BCUT2D eigenvalue weighted by Crippen LogP contribution is -2.52. The summed E-state index contributed by atoms with van der Waals surface area (Å²) >= 11 is 0. The first-order chi connectivity index (χ1) is 12.7. The van der Waals surface area contributed by atoms with Crippen molar-refractivity contribution in [3.05, 3.63) is 35.9 Å². The minimum Gasteiger partial charge on any atom is -0.396 e. The Labute approximate surface area is 157 Å². The van der Waals surface area contributed by atoms with Crippen LogP contribution in [0.15, 0.2) is 30.3 Å². The topological polar surface area (TPSA) is 55.8 Å². The second-order valence-corrected chi connectivity index (χ2v) is 7.88. The molecule has 0 aliphatic carbocycles. The fourth-order valence-corrected chi connectivity index (χ4v) is 4.09. The molecule has 0 radical (unpaired) electrons. The van der Waals surface area contributed by atoms with Crippen LogP contribution in [0.3, 0.4) is 0 Å². The third kappa shape index (κ3) is 5.29. The normalized spacial score (nSPS) is 22.2. The van der Waals surface area contributed by atoms with Gasteiger partial charge in [-0.25, -0.2) is 0 Å². The Hall–Kier alpha value is -1.43. The molecule has 0 spiro atoms. The number of aliphatic hydroxyl groups is 1. The van der Waals surface area contributed by atoms with Gasteiger partial charge in [-0.15, -0.1) is 0 Å². The summed E-state index contributed by atoms with van der Waals surface area (Å²) in [6.07, 6.45) is 4.04. The first kappa shape index (κ1) is 19.3. The van der Waals surface area contributed by atoms with E-state index in [4.69, 9.17) is 0 Å². The van der Waals surface area contributed by atoms with Crippen molar-refractivity contribution in [2.45, 2.75) is 51.2 Å². The molecule has 1 amide bonds. The number of aliphatic hydroxyl groups excluding tert-OH is 1. The first-order valence-electron chi connectivity index (χ1n) is 10.1. The minimum atomic E-state index is -0.0722. The summed E-state index contributed by atoms with van der Waals surface area (Å²) in [5, 5.41) is 12.5. The highest BCUT2D eigenvalue weighted by molar-refractivity contribution is 5.81. The van der Waals surface area contributed by atoms with Crippen LogP contribution in [0.5, 0.6) is 0 Å². The standard InChI is InChI=1S/C21H33N3O2/c1-17(24-13-7-19(16-25)8-14-24)21(26)22-20-9-11-23(12-10-20)15-18-5-3-2-4-6-18/h2-6,17,19-20,25H,7-16H2,1H3,(H,22,26). The molecule has 2 heterocycles. The van der Waals surface area contributed by atoms with Crippen molar-refractivity contribution < 1.29 is 9.90 Å². The van der Waals surface area contributed by atoms with Gasteiger partial charge in [0.15, 0.2) is 0 Å². The van der Waals surface area contributed by atoms with Gasteiger partial charge >= 0.3 is 0 Å². The predicted octanol–water partition coefficient (Wildman–Crippen LogP) is 1.86. The van der Waals surface area contributed by atoms with E-state index in [-0.39, 0.29) is 18.6 Å². The number of piperidine rings is 2. The highest BCUT2D eigenvalue weighted by Gasteiger charge is 2.28. The van der Waals surface area contributed by atoms with Gasteiger partial charge in [0.1, 0.15) is 0 Å². The predicted molar refractivity (Wildman–Crippen MR) is 104 cm³/mol. The van der Waals surface area contributed by atoms with Crippen LogP contribution in [0.2, 0.25) is 0 Å². The lowest BCUT2D eigenvalue weighted by atomic mass is 9.96. The molecule has 0 saturated carbocycles. The monoisotopic (exact) mass is 359 g/mol. The zero-order chi connectivity index (χ0) is 18.4. The molecule has 5 heteroatoms. The summed E-state index contributed by atoms with van der Waals surface area (Å²) in [5.41, 5.74) is 1.36. The Morgan fingerprint density at radius 3 is 2.38 bits per heavy atom. The van der Waals surface area contributed by atoms with Gasteiger partial charge in [-0.3, -0.25) is 14.6 Å². The quantitative estimate of drug-likeness (QED) is 0.814. The molecule has 1 aromatic rings. The van der Waals surface area contributed by atoms with Gasteiger partial charge in [-0.1, -0.05) is 30.3 Å². The fraction of sp³-hybridized carbons (Fsp3) is 0.667. The lowest BCUT2D eigenvalue weighted by Gasteiger charge is -2.36. The van der Waals surface area contributed by atoms with Crippen molar-refractivity contribution >= 4 is 5.91 Å². The number of nitrogens with one attached hydrogen (secondary N) is 1. The van der Waals surface area contributed by atoms with Crippen LogP contribution in [0, 0.1) is 5.92 Å². The van der Waals surface area contributed by atoms with Crippen molar-refractivity contribution in [3.63, 3.8) is 0 Å². The molecule has 3 rings (SSSR count). The molecule has 2 aliphatic heterocycles. The largest absolute Gasteiger partial charge is 0.396 e. The molecule has 144 valence electrons. The van der Waals surface area contributed by atoms with Gasteiger partial charge in [-0.05, 0) is 57.2 Å². The number of amides is 1.